The molecule has 1 saturated heterocycles. The van der Waals surface area contributed by atoms with Crippen molar-refractivity contribution in [2.75, 3.05) is 18.4 Å². The average Bonchev–Trinajstić information content (AvgIpc) is 3.28. The lowest BCUT2D eigenvalue weighted by Crippen LogP contribution is -2.32. The van der Waals surface area contributed by atoms with Crippen molar-refractivity contribution in [3.8, 4) is 0 Å². The first-order valence-corrected chi connectivity index (χ1v) is 10.0. The Labute approximate surface area is 157 Å². The largest absolute Gasteiger partial charge is 0.325 e. The Morgan fingerprint density at radius 2 is 2.04 bits per heavy atom. The number of nitrogens with one attached hydrogen (secondary N) is 1. The monoisotopic (exact) mass is 365 g/mol. The Bertz CT molecular complexity index is 870. The van der Waals surface area contributed by atoms with Gasteiger partial charge >= 0.3 is 0 Å². The summed E-state index contributed by atoms with van der Waals surface area (Å²) < 4.78 is 1.22. The Kier molecular flexibility index (Phi) is 5.00. The zero-order valence-corrected chi connectivity index (χ0v) is 15.8. The van der Waals surface area contributed by atoms with Gasteiger partial charge in [0, 0.05) is 5.69 Å². The number of thiazole rings is 1. The highest BCUT2D eigenvalue weighted by atomic mass is 32.1. The van der Waals surface area contributed by atoms with Crippen LogP contribution >= 0.6 is 11.3 Å². The van der Waals surface area contributed by atoms with E-state index < -0.39 is 0 Å². The molecule has 2 aromatic carbocycles. The standard InChI is InChI=1S/C21H23N3OS/c1-2-15-9-11-16(12-10-15)22-20(25)14-24-13-5-7-18(24)21-23-17-6-3-4-8-19(17)26-21/h3-4,6,8-12,18H,2,5,7,13-14H2,1H3,(H,22,25)/t18-/m0/s1. The molecule has 1 amide bonds. The van der Waals surface area contributed by atoms with E-state index in [2.05, 4.69) is 41.4 Å². The van der Waals surface area contributed by atoms with E-state index in [1.807, 2.05) is 24.3 Å². The van der Waals surface area contributed by atoms with E-state index in [0.29, 0.717) is 6.54 Å². The van der Waals surface area contributed by atoms with Crippen molar-refractivity contribution < 1.29 is 4.79 Å². The summed E-state index contributed by atoms with van der Waals surface area (Å²) in [6, 6.07) is 16.6. The minimum absolute atomic E-state index is 0.0438. The Hall–Kier alpha value is -2.24. The maximum atomic E-state index is 12.5. The number of anilines is 1. The first-order valence-electron chi connectivity index (χ1n) is 9.21. The van der Waals surface area contributed by atoms with Gasteiger partial charge in [-0.25, -0.2) is 4.98 Å². The molecular formula is C21H23N3OS. The molecule has 0 bridgehead atoms. The van der Waals surface area contributed by atoms with Crippen molar-refractivity contribution in [1.82, 2.24) is 9.88 Å². The number of carbonyl (C=O) groups excluding carboxylic acids is 1. The number of likely N-dealkylation sites (tertiary alicyclic amines) is 1. The molecule has 0 spiro atoms. The number of para-hydroxylation sites is 1. The second kappa shape index (κ2) is 7.56. The molecule has 0 unspecified atom stereocenters. The van der Waals surface area contributed by atoms with Gasteiger partial charge in [0.2, 0.25) is 5.91 Å². The summed E-state index contributed by atoms with van der Waals surface area (Å²) in [5, 5.41) is 4.15. The molecule has 0 aliphatic carbocycles. The first kappa shape index (κ1) is 17.2. The second-order valence-electron chi connectivity index (χ2n) is 6.75. The minimum Gasteiger partial charge on any atom is -0.325 e. The molecule has 134 valence electrons. The molecule has 1 aliphatic rings. The number of aromatic nitrogens is 1. The minimum atomic E-state index is 0.0438. The van der Waals surface area contributed by atoms with Crippen LogP contribution < -0.4 is 5.32 Å². The highest BCUT2D eigenvalue weighted by Gasteiger charge is 2.30. The Morgan fingerprint density at radius 1 is 1.23 bits per heavy atom. The molecule has 1 aliphatic heterocycles. The van der Waals surface area contributed by atoms with Crippen LogP contribution in [0.4, 0.5) is 5.69 Å². The van der Waals surface area contributed by atoms with E-state index in [0.717, 1.165) is 42.0 Å². The zero-order valence-electron chi connectivity index (χ0n) is 14.9. The van der Waals surface area contributed by atoms with Crippen LogP contribution in [0.2, 0.25) is 0 Å². The molecule has 3 aromatic rings. The number of carbonyl (C=O) groups is 1. The van der Waals surface area contributed by atoms with E-state index in [1.54, 1.807) is 11.3 Å². The fourth-order valence-corrected chi connectivity index (χ4v) is 4.67. The van der Waals surface area contributed by atoms with Crippen molar-refractivity contribution >= 4 is 33.1 Å². The molecule has 2 heterocycles. The van der Waals surface area contributed by atoms with Gasteiger partial charge in [-0.15, -0.1) is 11.3 Å². The van der Waals surface area contributed by atoms with Crippen molar-refractivity contribution in [2.45, 2.75) is 32.2 Å². The maximum Gasteiger partial charge on any atom is 0.238 e. The molecule has 5 heteroatoms. The lowest BCUT2D eigenvalue weighted by molar-refractivity contribution is -0.117. The number of nitrogens with zero attached hydrogens (tertiary/aromatic N) is 2. The van der Waals surface area contributed by atoms with Gasteiger partial charge in [0.1, 0.15) is 5.01 Å². The molecule has 0 radical (unpaired) electrons. The summed E-state index contributed by atoms with van der Waals surface area (Å²) in [7, 11) is 0. The normalized spacial score (nSPS) is 17.7. The van der Waals surface area contributed by atoms with Crippen LogP contribution in [-0.4, -0.2) is 28.9 Å². The van der Waals surface area contributed by atoms with Gasteiger partial charge in [-0.3, -0.25) is 9.69 Å². The molecule has 1 N–H and O–H groups in total. The number of hydrogen-bond acceptors (Lipinski definition) is 4. The molecular weight excluding hydrogens is 342 g/mol. The quantitative estimate of drug-likeness (QED) is 0.717. The van der Waals surface area contributed by atoms with Crippen molar-refractivity contribution in [3.63, 3.8) is 0 Å². The summed E-state index contributed by atoms with van der Waals surface area (Å²) in [4.78, 5) is 19.6. The molecule has 1 atom stereocenters. The van der Waals surface area contributed by atoms with Crippen molar-refractivity contribution in [1.29, 1.82) is 0 Å². The lowest BCUT2D eigenvalue weighted by Gasteiger charge is -2.22. The van der Waals surface area contributed by atoms with Crippen LogP contribution in [0.1, 0.15) is 36.4 Å². The molecule has 1 aromatic heterocycles. The zero-order chi connectivity index (χ0) is 17.9. The third-order valence-electron chi connectivity index (χ3n) is 4.95. The number of amides is 1. The summed E-state index contributed by atoms with van der Waals surface area (Å²) >= 11 is 1.75. The third kappa shape index (κ3) is 3.64. The predicted octanol–water partition coefficient (Wildman–Crippen LogP) is 4.63. The number of fused-ring (bicyclic) bond motifs is 1. The van der Waals surface area contributed by atoms with Crippen LogP contribution in [0.25, 0.3) is 10.2 Å². The number of aryl methyl sites for hydroxylation is 1. The molecule has 4 nitrogen and oxygen atoms in total. The van der Waals surface area contributed by atoms with E-state index in [-0.39, 0.29) is 11.9 Å². The topological polar surface area (TPSA) is 45.2 Å². The van der Waals surface area contributed by atoms with Crippen LogP contribution in [-0.2, 0) is 11.2 Å². The first-order chi connectivity index (χ1) is 12.7. The van der Waals surface area contributed by atoms with Gasteiger partial charge < -0.3 is 5.32 Å². The van der Waals surface area contributed by atoms with Gasteiger partial charge in [0.05, 0.1) is 22.8 Å². The predicted molar refractivity (Wildman–Crippen MR) is 108 cm³/mol. The van der Waals surface area contributed by atoms with Crippen LogP contribution in [0.3, 0.4) is 0 Å². The lowest BCUT2D eigenvalue weighted by atomic mass is 10.1. The SMILES string of the molecule is CCc1ccc(NC(=O)CN2CCC[C@H]2c2nc3ccccc3s2)cc1. The number of hydrogen-bond donors (Lipinski definition) is 1. The number of rotatable bonds is 5. The molecule has 26 heavy (non-hydrogen) atoms. The molecule has 0 saturated carbocycles. The summed E-state index contributed by atoms with van der Waals surface area (Å²) in [6.45, 7) is 3.49. The fraction of sp³-hybridized carbons (Fsp3) is 0.333. The summed E-state index contributed by atoms with van der Waals surface area (Å²) in [5.41, 5.74) is 3.20. The van der Waals surface area contributed by atoms with E-state index in [1.165, 1.54) is 10.3 Å². The molecule has 4 rings (SSSR count). The van der Waals surface area contributed by atoms with Gasteiger partial charge in [-0.05, 0) is 55.6 Å². The average molecular weight is 366 g/mol. The third-order valence-corrected chi connectivity index (χ3v) is 6.09. The van der Waals surface area contributed by atoms with Gasteiger partial charge in [0.15, 0.2) is 0 Å². The van der Waals surface area contributed by atoms with Crippen LogP contribution in [0, 0.1) is 0 Å². The Morgan fingerprint density at radius 3 is 2.81 bits per heavy atom. The van der Waals surface area contributed by atoms with Crippen molar-refractivity contribution in [2.24, 2.45) is 0 Å². The Balaban J connectivity index is 1.43. The van der Waals surface area contributed by atoms with E-state index in [4.69, 9.17) is 4.98 Å². The summed E-state index contributed by atoms with van der Waals surface area (Å²) in [6.07, 6.45) is 3.18. The van der Waals surface area contributed by atoms with E-state index >= 15 is 0 Å². The van der Waals surface area contributed by atoms with Crippen molar-refractivity contribution in [3.05, 3.63) is 59.1 Å². The van der Waals surface area contributed by atoms with Gasteiger partial charge in [-0.2, -0.15) is 0 Å². The molecule has 1 fully saturated rings. The highest BCUT2D eigenvalue weighted by Crippen LogP contribution is 2.36. The highest BCUT2D eigenvalue weighted by molar-refractivity contribution is 7.18. The van der Waals surface area contributed by atoms with E-state index in [9.17, 15) is 4.79 Å². The fourth-order valence-electron chi connectivity index (χ4n) is 3.54. The van der Waals surface area contributed by atoms with Gasteiger partial charge in [0.25, 0.3) is 0 Å². The second-order valence-corrected chi connectivity index (χ2v) is 7.81. The maximum absolute atomic E-state index is 12.5. The smallest absolute Gasteiger partial charge is 0.238 e. The number of benzene rings is 2. The van der Waals surface area contributed by atoms with Gasteiger partial charge in [-0.1, -0.05) is 31.2 Å². The van der Waals surface area contributed by atoms with Crippen LogP contribution in [0.5, 0.6) is 0 Å². The van der Waals surface area contributed by atoms with Crippen LogP contribution in [0.15, 0.2) is 48.5 Å². The summed E-state index contributed by atoms with van der Waals surface area (Å²) in [5.74, 6) is 0.0438.